The Bertz CT molecular complexity index is 1050. The molecule has 2 heterocycles. The number of hydrogen-bond acceptors (Lipinski definition) is 6. The van der Waals surface area contributed by atoms with Crippen molar-refractivity contribution in [3.05, 3.63) is 71.2 Å². The summed E-state index contributed by atoms with van der Waals surface area (Å²) in [4.78, 5) is 38.3. The van der Waals surface area contributed by atoms with Gasteiger partial charge >= 0.3 is 0 Å². The maximum Gasteiger partial charge on any atom is 0.294 e. The van der Waals surface area contributed by atoms with E-state index < -0.39 is 17.1 Å². The van der Waals surface area contributed by atoms with Crippen molar-refractivity contribution in [1.82, 2.24) is 4.90 Å². The van der Waals surface area contributed by atoms with Crippen LogP contribution in [-0.4, -0.2) is 41.7 Å². The number of imide groups is 1. The van der Waals surface area contributed by atoms with Gasteiger partial charge in [0.15, 0.2) is 11.5 Å². The molecule has 0 bridgehead atoms. The van der Waals surface area contributed by atoms with E-state index in [2.05, 4.69) is 5.32 Å². The maximum atomic E-state index is 12.5. The number of ether oxygens (including phenoxy) is 2. The second-order valence-corrected chi connectivity index (χ2v) is 7.46. The lowest BCUT2D eigenvalue weighted by molar-refractivity contribution is -0.127. The van der Waals surface area contributed by atoms with E-state index >= 15 is 0 Å². The first kappa shape index (κ1) is 19.8. The molecule has 1 fully saturated rings. The monoisotopic (exact) mass is 422 g/mol. The van der Waals surface area contributed by atoms with Gasteiger partial charge in [0.25, 0.3) is 11.1 Å². The van der Waals surface area contributed by atoms with Gasteiger partial charge in [0, 0.05) is 11.8 Å². The quantitative estimate of drug-likeness (QED) is 0.740. The molecule has 0 saturated carbocycles. The molecule has 2 aliphatic rings. The minimum absolute atomic E-state index is 0.277. The summed E-state index contributed by atoms with van der Waals surface area (Å²) in [5.74, 6) is 0.187. The molecule has 3 amide bonds. The highest BCUT2D eigenvalue weighted by Crippen LogP contribution is 2.33. The van der Waals surface area contributed by atoms with Gasteiger partial charge in [-0.25, -0.2) is 0 Å². The van der Waals surface area contributed by atoms with Crippen molar-refractivity contribution in [3.63, 3.8) is 0 Å². The minimum Gasteiger partial charge on any atom is -0.486 e. The van der Waals surface area contributed by atoms with Crippen LogP contribution in [0.1, 0.15) is 5.56 Å². The van der Waals surface area contributed by atoms with Gasteiger partial charge in [-0.15, -0.1) is 0 Å². The molecule has 30 heavy (non-hydrogen) atoms. The van der Waals surface area contributed by atoms with Crippen molar-refractivity contribution in [2.24, 2.45) is 0 Å². The molecule has 0 radical (unpaired) electrons. The Balaban J connectivity index is 1.37. The lowest BCUT2D eigenvalue weighted by Crippen LogP contribution is -2.36. The van der Waals surface area contributed by atoms with Crippen molar-refractivity contribution in [2.45, 2.75) is 0 Å². The zero-order chi connectivity index (χ0) is 20.9. The third-order valence-corrected chi connectivity index (χ3v) is 5.26. The molecule has 4 rings (SSSR count). The van der Waals surface area contributed by atoms with Crippen LogP contribution >= 0.6 is 11.8 Å². The van der Waals surface area contributed by atoms with Crippen LogP contribution in [0.3, 0.4) is 0 Å². The fraction of sp³-hybridized carbons (Fsp3) is 0.136. The third-order valence-electron chi connectivity index (χ3n) is 4.34. The van der Waals surface area contributed by atoms with Crippen molar-refractivity contribution in [2.75, 3.05) is 25.1 Å². The Labute approximate surface area is 177 Å². The third kappa shape index (κ3) is 4.55. The number of rotatable bonds is 5. The number of carbonyl (C=O) groups excluding carboxylic acids is 3. The summed E-state index contributed by atoms with van der Waals surface area (Å²) in [6.45, 7) is 0.553. The molecule has 2 aromatic rings. The second-order valence-electron chi connectivity index (χ2n) is 6.47. The van der Waals surface area contributed by atoms with E-state index in [0.29, 0.717) is 30.4 Å². The van der Waals surface area contributed by atoms with Gasteiger partial charge in [-0.3, -0.25) is 19.3 Å². The topological polar surface area (TPSA) is 84.9 Å². The Morgan fingerprint density at radius 1 is 1.07 bits per heavy atom. The normalized spacial score (nSPS) is 17.1. The van der Waals surface area contributed by atoms with Gasteiger partial charge in [-0.05, 0) is 35.5 Å². The standard InChI is InChI=1S/C22H18N2O5S/c25-20(23-16-9-10-17-18(13-16)29-12-11-28-17)14-24-21(26)19(30-22(24)27)8-4-7-15-5-2-1-3-6-15/h1-10,13H,11-12,14H2,(H,23,25)/b7-4-,19-8+. The van der Waals surface area contributed by atoms with Crippen molar-refractivity contribution < 1.29 is 23.9 Å². The average Bonchev–Trinajstić information content (AvgIpc) is 3.02. The number of benzene rings is 2. The molecule has 152 valence electrons. The van der Waals surface area contributed by atoms with Crippen LogP contribution in [0, 0.1) is 0 Å². The molecule has 8 heteroatoms. The summed E-state index contributed by atoms with van der Waals surface area (Å²) in [5.41, 5.74) is 1.48. The van der Waals surface area contributed by atoms with Gasteiger partial charge in [-0.1, -0.05) is 42.5 Å². The van der Waals surface area contributed by atoms with Crippen molar-refractivity contribution in [1.29, 1.82) is 0 Å². The zero-order valence-electron chi connectivity index (χ0n) is 15.9. The first-order valence-corrected chi connectivity index (χ1v) is 10.1. The number of thioether (sulfide) groups is 1. The Hall–Kier alpha value is -3.52. The molecular formula is C22H18N2O5S. The van der Waals surface area contributed by atoms with E-state index in [1.807, 2.05) is 36.4 Å². The molecule has 0 aliphatic carbocycles. The molecule has 0 spiro atoms. The summed E-state index contributed by atoms with van der Waals surface area (Å²) in [6.07, 6.45) is 5.13. The van der Waals surface area contributed by atoms with Crippen LogP contribution in [0.2, 0.25) is 0 Å². The predicted molar refractivity (Wildman–Crippen MR) is 114 cm³/mol. The van der Waals surface area contributed by atoms with Crippen LogP contribution in [0.4, 0.5) is 10.5 Å². The number of amides is 3. The largest absolute Gasteiger partial charge is 0.486 e. The highest BCUT2D eigenvalue weighted by atomic mass is 32.2. The Morgan fingerprint density at radius 2 is 1.83 bits per heavy atom. The number of allylic oxidation sites excluding steroid dienone is 2. The van der Waals surface area contributed by atoms with Crippen LogP contribution in [0.5, 0.6) is 11.5 Å². The van der Waals surface area contributed by atoms with E-state index in [9.17, 15) is 14.4 Å². The fourth-order valence-electron chi connectivity index (χ4n) is 2.93. The van der Waals surface area contributed by atoms with E-state index in [0.717, 1.165) is 22.2 Å². The molecule has 2 aromatic carbocycles. The Morgan fingerprint density at radius 3 is 2.63 bits per heavy atom. The van der Waals surface area contributed by atoms with E-state index in [1.54, 1.807) is 30.4 Å². The second kappa shape index (κ2) is 8.87. The molecule has 1 saturated heterocycles. The van der Waals surface area contributed by atoms with Gasteiger partial charge in [-0.2, -0.15) is 0 Å². The first-order chi connectivity index (χ1) is 14.6. The van der Waals surface area contributed by atoms with E-state index in [4.69, 9.17) is 9.47 Å². The molecular weight excluding hydrogens is 404 g/mol. The van der Waals surface area contributed by atoms with Crippen LogP contribution in [-0.2, 0) is 9.59 Å². The van der Waals surface area contributed by atoms with Crippen LogP contribution < -0.4 is 14.8 Å². The Kier molecular flexibility index (Phi) is 5.85. The van der Waals surface area contributed by atoms with Gasteiger partial charge < -0.3 is 14.8 Å². The smallest absolute Gasteiger partial charge is 0.294 e. The lowest BCUT2D eigenvalue weighted by atomic mass is 10.2. The van der Waals surface area contributed by atoms with E-state index in [1.165, 1.54) is 0 Å². The van der Waals surface area contributed by atoms with E-state index in [-0.39, 0.29) is 11.4 Å². The molecule has 0 unspecified atom stereocenters. The number of nitrogens with zero attached hydrogens (tertiary/aromatic N) is 1. The van der Waals surface area contributed by atoms with Gasteiger partial charge in [0.05, 0.1) is 4.91 Å². The zero-order valence-corrected chi connectivity index (χ0v) is 16.7. The molecule has 0 atom stereocenters. The van der Waals surface area contributed by atoms with Crippen molar-refractivity contribution in [3.8, 4) is 11.5 Å². The number of nitrogens with one attached hydrogen (secondary N) is 1. The highest BCUT2D eigenvalue weighted by Gasteiger charge is 2.36. The number of carbonyl (C=O) groups is 3. The number of anilines is 1. The summed E-state index contributed by atoms with van der Waals surface area (Å²) in [7, 11) is 0. The SMILES string of the molecule is O=C(CN1C(=O)S/C(=C/C=C\c2ccccc2)C1=O)Nc1ccc2c(c1)OCCO2. The number of fused-ring (bicyclic) bond motifs is 1. The van der Waals surface area contributed by atoms with Crippen LogP contribution in [0.25, 0.3) is 6.08 Å². The maximum absolute atomic E-state index is 12.5. The summed E-state index contributed by atoms with van der Waals surface area (Å²) >= 11 is 0.815. The van der Waals surface area contributed by atoms with Crippen molar-refractivity contribution >= 4 is 40.6 Å². The number of hydrogen-bond donors (Lipinski definition) is 1. The van der Waals surface area contributed by atoms with Gasteiger partial charge in [0.2, 0.25) is 5.91 Å². The lowest BCUT2D eigenvalue weighted by Gasteiger charge is -2.19. The van der Waals surface area contributed by atoms with Crippen LogP contribution in [0.15, 0.2) is 65.6 Å². The highest BCUT2D eigenvalue weighted by molar-refractivity contribution is 8.18. The molecule has 0 aromatic heterocycles. The first-order valence-electron chi connectivity index (χ1n) is 9.27. The predicted octanol–water partition coefficient (Wildman–Crippen LogP) is 3.69. The molecule has 1 N–H and O–H groups in total. The summed E-state index contributed by atoms with van der Waals surface area (Å²) in [6, 6.07) is 14.6. The molecule has 2 aliphatic heterocycles. The molecule has 7 nitrogen and oxygen atoms in total. The average molecular weight is 422 g/mol. The fourth-order valence-corrected chi connectivity index (χ4v) is 3.72. The summed E-state index contributed by atoms with van der Waals surface area (Å²) < 4.78 is 10.9. The van der Waals surface area contributed by atoms with Gasteiger partial charge in [0.1, 0.15) is 19.8 Å². The summed E-state index contributed by atoms with van der Waals surface area (Å²) in [5, 5.41) is 2.20. The minimum atomic E-state index is -0.486.